The quantitative estimate of drug-likeness (QED) is 0.385. The van der Waals surface area contributed by atoms with Gasteiger partial charge in [-0.15, -0.1) is 0 Å². The van der Waals surface area contributed by atoms with Gasteiger partial charge in [-0.1, -0.05) is 24.8 Å². The van der Waals surface area contributed by atoms with Gasteiger partial charge in [-0.2, -0.15) is 0 Å². The first-order chi connectivity index (χ1) is 16.3. The molecule has 0 bridgehead atoms. The summed E-state index contributed by atoms with van der Waals surface area (Å²) in [6.45, 7) is 9.56. The molecule has 0 fully saturated rings. The highest BCUT2D eigenvalue weighted by Gasteiger charge is 2.14. The van der Waals surface area contributed by atoms with Crippen molar-refractivity contribution < 1.29 is 13.9 Å². The molecule has 0 aliphatic carbocycles. The summed E-state index contributed by atoms with van der Waals surface area (Å²) in [4.78, 5) is 21.2. The largest absolute Gasteiger partial charge is 0.499 e. The first kappa shape index (κ1) is 26.6. The predicted octanol–water partition coefficient (Wildman–Crippen LogP) is 4.74. The van der Waals surface area contributed by atoms with Gasteiger partial charge < -0.3 is 19.9 Å². The van der Waals surface area contributed by atoms with Crippen LogP contribution in [-0.4, -0.2) is 41.5 Å². The molecule has 2 N–H and O–H groups in total. The van der Waals surface area contributed by atoms with Crippen LogP contribution in [0.3, 0.4) is 0 Å². The summed E-state index contributed by atoms with van der Waals surface area (Å²) in [6, 6.07) is 0. The lowest BCUT2D eigenvalue weighted by molar-refractivity contribution is -0.118. The maximum Gasteiger partial charge on any atom is 0.244 e. The molecule has 0 spiro atoms. The number of ether oxygens (including phenoxy) is 1. The van der Waals surface area contributed by atoms with Crippen molar-refractivity contribution in [2.24, 2.45) is 4.99 Å². The summed E-state index contributed by atoms with van der Waals surface area (Å²) in [6.07, 6.45) is 16.8. The molecule has 1 aromatic rings. The van der Waals surface area contributed by atoms with Crippen LogP contribution < -0.4 is 10.6 Å². The summed E-state index contributed by atoms with van der Waals surface area (Å²) in [5.41, 5.74) is 3.47. The number of aromatic nitrogens is 2. The second kappa shape index (κ2) is 13.8. The minimum Gasteiger partial charge on any atom is -0.499 e. The van der Waals surface area contributed by atoms with Crippen LogP contribution in [0.1, 0.15) is 38.8 Å². The van der Waals surface area contributed by atoms with Gasteiger partial charge in [0.25, 0.3) is 0 Å². The van der Waals surface area contributed by atoms with Gasteiger partial charge >= 0.3 is 0 Å². The number of hydrogen-bond donors (Lipinski definition) is 2. The number of nitrogens with zero attached hydrogens (tertiary/aromatic N) is 3. The van der Waals surface area contributed by atoms with Gasteiger partial charge in [0.15, 0.2) is 0 Å². The number of carbonyl (C=O) groups is 1. The fourth-order valence-corrected chi connectivity index (χ4v) is 3.23. The van der Waals surface area contributed by atoms with Crippen LogP contribution in [0.25, 0.3) is 5.70 Å². The van der Waals surface area contributed by atoms with Crippen molar-refractivity contribution >= 4 is 17.4 Å². The molecule has 0 atom stereocenters. The van der Waals surface area contributed by atoms with Crippen molar-refractivity contribution in [1.29, 1.82) is 0 Å². The monoisotopic (exact) mass is 467 g/mol. The third-order valence-corrected chi connectivity index (χ3v) is 5.08. The Kier molecular flexibility index (Phi) is 10.8. The fourth-order valence-electron chi connectivity index (χ4n) is 3.23. The van der Waals surface area contributed by atoms with E-state index in [-0.39, 0.29) is 12.5 Å². The molecule has 0 saturated carbocycles. The SMILES string of the molecule is C=C(F)/C=C\C(=CC)NCC(=O)NC1=NCCC/C1=C\C/C=C\C(=C(/C)OC)n1cnc(C)c1. The number of allylic oxidation sites excluding steroid dienone is 9. The van der Waals surface area contributed by atoms with Crippen LogP contribution in [0.15, 0.2) is 83.4 Å². The zero-order valence-electron chi connectivity index (χ0n) is 20.4. The van der Waals surface area contributed by atoms with E-state index in [4.69, 9.17) is 4.74 Å². The van der Waals surface area contributed by atoms with Crippen molar-refractivity contribution in [3.8, 4) is 0 Å². The van der Waals surface area contributed by atoms with E-state index < -0.39 is 5.83 Å². The lowest BCUT2D eigenvalue weighted by atomic mass is 10.0. The van der Waals surface area contributed by atoms with Crippen LogP contribution in [0, 0.1) is 6.92 Å². The molecule has 0 saturated heterocycles. The number of nitrogens with one attached hydrogen (secondary N) is 2. The van der Waals surface area contributed by atoms with Crippen LogP contribution in [0.2, 0.25) is 0 Å². The topological polar surface area (TPSA) is 80.5 Å². The molecule has 1 amide bonds. The number of halogens is 1. The number of amides is 1. The normalized spacial score (nSPS) is 16.6. The van der Waals surface area contributed by atoms with Gasteiger partial charge in [0.05, 0.1) is 31.4 Å². The third kappa shape index (κ3) is 8.69. The molecular weight excluding hydrogens is 433 g/mol. The molecule has 1 aliphatic rings. The van der Waals surface area contributed by atoms with E-state index in [1.54, 1.807) is 26.4 Å². The number of rotatable bonds is 10. The van der Waals surface area contributed by atoms with Crippen LogP contribution in [-0.2, 0) is 9.53 Å². The summed E-state index contributed by atoms with van der Waals surface area (Å²) >= 11 is 0. The summed E-state index contributed by atoms with van der Waals surface area (Å²) in [7, 11) is 1.64. The zero-order chi connectivity index (χ0) is 24.9. The van der Waals surface area contributed by atoms with E-state index in [1.807, 2.05) is 36.8 Å². The minimum atomic E-state index is -0.550. The molecule has 0 radical (unpaired) electrons. The Morgan fingerprint density at radius 3 is 2.79 bits per heavy atom. The lowest BCUT2D eigenvalue weighted by Crippen LogP contribution is -2.39. The average molecular weight is 468 g/mol. The zero-order valence-corrected chi connectivity index (χ0v) is 20.4. The molecule has 7 nitrogen and oxygen atoms in total. The highest BCUT2D eigenvalue weighted by Crippen LogP contribution is 2.17. The Labute approximate surface area is 201 Å². The van der Waals surface area contributed by atoms with Crippen LogP contribution in [0.5, 0.6) is 0 Å². The van der Waals surface area contributed by atoms with Crippen molar-refractivity contribution in [3.63, 3.8) is 0 Å². The van der Waals surface area contributed by atoms with Gasteiger partial charge in [0.1, 0.15) is 17.4 Å². The van der Waals surface area contributed by atoms with Crippen molar-refractivity contribution in [3.05, 3.63) is 84.1 Å². The molecule has 34 heavy (non-hydrogen) atoms. The molecule has 0 aromatic carbocycles. The van der Waals surface area contributed by atoms with Crippen molar-refractivity contribution in [2.75, 3.05) is 20.2 Å². The molecule has 2 rings (SSSR count). The highest BCUT2D eigenvalue weighted by atomic mass is 19.1. The maximum atomic E-state index is 12.8. The Balaban J connectivity index is 2.00. The van der Waals surface area contributed by atoms with Gasteiger partial charge in [0, 0.05) is 18.4 Å². The first-order valence-electron chi connectivity index (χ1n) is 11.2. The summed E-state index contributed by atoms with van der Waals surface area (Å²) in [5.74, 6) is 0.624. The van der Waals surface area contributed by atoms with Crippen molar-refractivity contribution in [1.82, 2.24) is 20.2 Å². The Morgan fingerprint density at radius 1 is 1.35 bits per heavy atom. The smallest absolute Gasteiger partial charge is 0.244 e. The number of carbonyl (C=O) groups excluding carboxylic acids is 1. The second-order valence-electron chi connectivity index (χ2n) is 7.70. The van der Waals surface area contributed by atoms with Gasteiger partial charge in [0.2, 0.25) is 5.91 Å². The molecule has 2 heterocycles. The third-order valence-electron chi connectivity index (χ3n) is 5.08. The Bertz CT molecular complexity index is 1060. The fraction of sp³-hybridized carbons (Fsp3) is 0.346. The van der Waals surface area contributed by atoms with E-state index in [1.165, 1.54) is 12.2 Å². The number of hydrogen-bond acceptors (Lipinski definition) is 5. The Hall–Kier alpha value is -3.68. The van der Waals surface area contributed by atoms with Crippen LogP contribution >= 0.6 is 0 Å². The van der Waals surface area contributed by atoms with Crippen LogP contribution in [0.4, 0.5) is 4.39 Å². The summed E-state index contributed by atoms with van der Waals surface area (Å²) < 4.78 is 20.2. The first-order valence-corrected chi connectivity index (χ1v) is 11.2. The van der Waals surface area contributed by atoms with Gasteiger partial charge in [-0.25, -0.2) is 9.37 Å². The minimum absolute atomic E-state index is 0.0454. The Morgan fingerprint density at radius 2 is 2.15 bits per heavy atom. The van der Waals surface area contributed by atoms with Crippen molar-refractivity contribution in [2.45, 2.75) is 40.0 Å². The molecule has 0 unspecified atom stereocenters. The number of imidazole rings is 1. The molecule has 1 aromatic heterocycles. The predicted molar refractivity (Wildman–Crippen MR) is 136 cm³/mol. The van der Waals surface area contributed by atoms with Gasteiger partial charge in [-0.3, -0.25) is 9.79 Å². The number of aryl methyl sites for hydroxylation is 1. The molecule has 1 aliphatic heterocycles. The number of methoxy groups -OCH3 is 1. The van der Waals surface area contributed by atoms with Gasteiger partial charge in [-0.05, 0) is 63.8 Å². The van der Waals surface area contributed by atoms with E-state index in [0.717, 1.165) is 35.6 Å². The van der Waals surface area contributed by atoms with E-state index >= 15 is 0 Å². The average Bonchev–Trinajstić information content (AvgIpc) is 3.25. The summed E-state index contributed by atoms with van der Waals surface area (Å²) in [5, 5.41) is 5.86. The molecule has 182 valence electrons. The van der Waals surface area contributed by atoms with E-state index in [9.17, 15) is 9.18 Å². The lowest BCUT2D eigenvalue weighted by Gasteiger charge is -2.17. The molecular formula is C26H34FN5O2. The number of aliphatic imine (C=N–C) groups is 1. The number of amidine groups is 1. The standard InChI is InChI=1S/C26H34FN5O2/c1-6-23(14-13-19(2)27)29-16-25(33)31-26-22(11-9-15-28-26)10-7-8-12-24(21(4)34-5)32-17-20(3)30-18-32/h6,8,10,12-14,17-18,29H,2,7,9,11,15-16H2,1,3-5H3,(H,28,31,33)/b12-8-,14-13-,22-10+,23-6?,24-21-. The highest BCUT2D eigenvalue weighted by molar-refractivity contribution is 6.08. The van der Waals surface area contributed by atoms with E-state index in [2.05, 4.69) is 33.3 Å². The van der Waals surface area contributed by atoms with E-state index in [0.29, 0.717) is 24.5 Å². The maximum absolute atomic E-state index is 12.8. The molecule has 8 heteroatoms. The second-order valence-corrected chi connectivity index (χ2v) is 7.70.